The molecule has 0 N–H and O–H groups in total. The largest absolute Gasteiger partial charge is 0.495 e. The summed E-state index contributed by atoms with van der Waals surface area (Å²) < 4.78 is 29.6. The van der Waals surface area contributed by atoms with Crippen LogP contribution in [-0.4, -0.2) is 49.4 Å². The van der Waals surface area contributed by atoms with E-state index in [1.54, 1.807) is 41.3 Å². The average molecular weight is 485 g/mol. The molecule has 2 aromatic carbocycles. The molecule has 2 heterocycles. The first-order valence-corrected chi connectivity index (χ1v) is 12.6. The number of thioether (sulfide) groups is 1. The molecular weight excluding hydrogens is 467 g/mol. The van der Waals surface area contributed by atoms with Crippen LogP contribution in [0.4, 0.5) is 5.69 Å². The molecule has 0 aliphatic carbocycles. The number of rotatable bonds is 4. The van der Waals surface area contributed by atoms with Crippen molar-refractivity contribution in [2.45, 2.75) is 17.7 Å². The molecule has 2 aliphatic rings. The van der Waals surface area contributed by atoms with Crippen LogP contribution < -0.4 is 9.64 Å². The van der Waals surface area contributed by atoms with Gasteiger partial charge in [-0.25, -0.2) is 8.42 Å². The molecule has 2 fully saturated rings. The van der Waals surface area contributed by atoms with E-state index in [4.69, 9.17) is 27.9 Å². The number of ether oxygens (including phenoxy) is 1. The molecule has 0 bridgehead atoms. The lowest BCUT2D eigenvalue weighted by Crippen LogP contribution is -2.37. The van der Waals surface area contributed by atoms with Gasteiger partial charge in [0.25, 0.3) is 5.91 Å². The minimum absolute atomic E-state index is 0.00599. The molecule has 1 amide bonds. The number of carbonyl (C=O) groups is 1. The summed E-state index contributed by atoms with van der Waals surface area (Å²) in [5.41, 5.74) is 1.36. The first kappa shape index (κ1) is 21.5. The zero-order valence-corrected chi connectivity index (χ0v) is 19.1. The minimum Gasteiger partial charge on any atom is -0.495 e. The van der Waals surface area contributed by atoms with E-state index < -0.39 is 9.84 Å². The number of nitrogens with zero attached hydrogens (tertiary/aromatic N) is 2. The number of hydrogen-bond donors (Lipinski definition) is 0. The van der Waals surface area contributed by atoms with E-state index in [2.05, 4.69) is 4.99 Å². The third kappa shape index (κ3) is 4.32. The maximum absolute atomic E-state index is 12.7. The lowest BCUT2D eigenvalue weighted by molar-refractivity contribution is -0.117. The summed E-state index contributed by atoms with van der Waals surface area (Å²) in [5.74, 6) is 0.223. The van der Waals surface area contributed by atoms with Gasteiger partial charge >= 0.3 is 0 Å². The van der Waals surface area contributed by atoms with E-state index in [0.717, 1.165) is 0 Å². The van der Waals surface area contributed by atoms with Gasteiger partial charge in [-0.1, -0.05) is 53.2 Å². The van der Waals surface area contributed by atoms with E-state index in [1.807, 2.05) is 6.07 Å². The molecule has 2 atom stereocenters. The van der Waals surface area contributed by atoms with Gasteiger partial charge in [-0.3, -0.25) is 4.79 Å². The van der Waals surface area contributed by atoms with Crippen molar-refractivity contribution >= 4 is 61.6 Å². The van der Waals surface area contributed by atoms with Crippen molar-refractivity contribution in [2.75, 3.05) is 23.5 Å². The third-order valence-corrected chi connectivity index (χ3v) is 8.87. The lowest BCUT2D eigenvalue weighted by Gasteiger charge is -2.25. The Labute approximate surface area is 189 Å². The summed E-state index contributed by atoms with van der Waals surface area (Å²) >= 11 is 13.8. The van der Waals surface area contributed by atoms with E-state index >= 15 is 0 Å². The molecule has 0 unspecified atom stereocenters. The summed E-state index contributed by atoms with van der Waals surface area (Å²) in [6, 6.07) is 12.0. The molecule has 0 radical (unpaired) electrons. The fourth-order valence-corrected chi connectivity index (χ4v) is 8.01. The van der Waals surface area contributed by atoms with E-state index in [-0.39, 0.29) is 35.1 Å². The van der Waals surface area contributed by atoms with Gasteiger partial charge in [0.2, 0.25) is 0 Å². The van der Waals surface area contributed by atoms with Crippen molar-refractivity contribution in [1.82, 2.24) is 0 Å². The Morgan fingerprint density at radius 1 is 1.20 bits per heavy atom. The topological polar surface area (TPSA) is 76.0 Å². The highest BCUT2D eigenvalue weighted by atomic mass is 35.5. The van der Waals surface area contributed by atoms with Crippen LogP contribution in [0.3, 0.4) is 0 Å². The van der Waals surface area contributed by atoms with Crippen LogP contribution in [0.1, 0.15) is 5.56 Å². The number of amides is 1. The zero-order chi connectivity index (χ0) is 21.5. The normalized spacial score (nSPS) is 23.6. The van der Waals surface area contributed by atoms with Crippen LogP contribution in [0.25, 0.3) is 0 Å². The number of fused-ring (bicyclic) bond motifs is 1. The molecule has 10 heteroatoms. The molecule has 30 heavy (non-hydrogen) atoms. The number of sulfone groups is 1. The van der Waals surface area contributed by atoms with Gasteiger partial charge in [-0.05, 0) is 29.8 Å². The van der Waals surface area contributed by atoms with Crippen molar-refractivity contribution in [3.05, 3.63) is 58.1 Å². The van der Waals surface area contributed by atoms with Crippen LogP contribution in [-0.2, 0) is 21.1 Å². The SMILES string of the molecule is COc1ccc(N2C(=NC(=O)Cc3ccccc3Cl)S[C@H]3CS(=O)(=O)C[C@@H]32)cc1Cl. The molecule has 6 nitrogen and oxygen atoms in total. The van der Waals surface area contributed by atoms with Crippen LogP contribution in [0.2, 0.25) is 10.0 Å². The van der Waals surface area contributed by atoms with E-state index in [1.165, 1.54) is 18.9 Å². The molecule has 2 aromatic rings. The highest BCUT2D eigenvalue weighted by Gasteiger charge is 2.49. The highest BCUT2D eigenvalue weighted by Crippen LogP contribution is 2.42. The smallest absolute Gasteiger partial charge is 0.252 e. The Hall–Kier alpha value is -1.74. The quantitative estimate of drug-likeness (QED) is 0.655. The standard InChI is InChI=1S/C20H18Cl2N2O4S2/c1-28-17-7-6-13(9-15(17)22)24-16-10-30(26,27)11-18(16)29-20(24)23-19(25)8-12-4-2-3-5-14(12)21/h2-7,9,16,18H,8,10-11H2,1H3/t16-,18-/m0/s1. The predicted molar refractivity (Wildman–Crippen MR) is 122 cm³/mol. The van der Waals surface area contributed by atoms with Crippen molar-refractivity contribution in [1.29, 1.82) is 0 Å². The number of aliphatic imine (C=N–C) groups is 1. The number of hydrogen-bond acceptors (Lipinski definition) is 5. The fourth-order valence-electron chi connectivity index (χ4n) is 3.62. The molecule has 0 spiro atoms. The van der Waals surface area contributed by atoms with Crippen molar-refractivity contribution in [3.8, 4) is 5.75 Å². The maximum atomic E-state index is 12.7. The number of carbonyl (C=O) groups excluding carboxylic acids is 1. The Kier molecular flexibility index (Phi) is 6.03. The fraction of sp³-hybridized carbons (Fsp3) is 0.300. The van der Waals surface area contributed by atoms with Gasteiger partial charge in [0.15, 0.2) is 15.0 Å². The van der Waals surface area contributed by atoms with Crippen LogP contribution >= 0.6 is 35.0 Å². The van der Waals surface area contributed by atoms with Gasteiger partial charge in [0, 0.05) is 16.0 Å². The number of amidine groups is 1. The van der Waals surface area contributed by atoms with Crippen molar-refractivity contribution in [2.24, 2.45) is 4.99 Å². The Morgan fingerprint density at radius 2 is 1.97 bits per heavy atom. The number of anilines is 1. The second kappa shape index (κ2) is 8.42. The Morgan fingerprint density at radius 3 is 2.67 bits per heavy atom. The zero-order valence-electron chi connectivity index (χ0n) is 15.9. The van der Waals surface area contributed by atoms with Crippen LogP contribution in [0.5, 0.6) is 5.75 Å². The van der Waals surface area contributed by atoms with Crippen LogP contribution in [0.15, 0.2) is 47.5 Å². The second-order valence-electron chi connectivity index (χ2n) is 7.05. The first-order chi connectivity index (χ1) is 14.3. The first-order valence-electron chi connectivity index (χ1n) is 9.12. The monoisotopic (exact) mass is 484 g/mol. The van der Waals surface area contributed by atoms with E-state index in [0.29, 0.717) is 32.2 Å². The molecule has 2 aliphatic heterocycles. The predicted octanol–water partition coefficient (Wildman–Crippen LogP) is 3.85. The summed E-state index contributed by atoms with van der Waals surface area (Å²) in [6.07, 6.45) is 0.0641. The molecule has 4 rings (SSSR count). The third-order valence-electron chi connectivity index (χ3n) is 5.00. The van der Waals surface area contributed by atoms with E-state index in [9.17, 15) is 13.2 Å². The maximum Gasteiger partial charge on any atom is 0.252 e. The molecule has 2 saturated heterocycles. The van der Waals surface area contributed by atoms with Gasteiger partial charge in [-0.2, -0.15) is 4.99 Å². The summed E-state index contributed by atoms with van der Waals surface area (Å²) in [5, 5.41) is 1.18. The number of benzene rings is 2. The van der Waals surface area contributed by atoms with Gasteiger partial charge < -0.3 is 9.64 Å². The summed E-state index contributed by atoms with van der Waals surface area (Å²) in [6.45, 7) is 0. The molecular formula is C20H18Cl2N2O4S2. The van der Waals surface area contributed by atoms with Crippen molar-refractivity contribution in [3.63, 3.8) is 0 Å². The highest BCUT2D eigenvalue weighted by molar-refractivity contribution is 8.16. The van der Waals surface area contributed by atoms with Gasteiger partial charge in [0.1, 0.15) is 5.75 Å². The summed E-state index contributed by atoms with van der Waals surface area (Å²) in [7, 11) is -1.63. The van der Waals surface area contributed by atoms with Gasteiger partial charge in [0.05, 0.1) is 36.1 Å². The Bertz CT molecular complexity index is 1140. The molecule has 158 valence electrons. The molecule has 0 saturated carbocycles. The lowest BCUT2D eigenvalue weighted by atomic mass is 10.1. The average Bonchev–Trinajstić information content (AvgIpc) is 3.14. The van der Waals surface area contributed by atoms with Gasteiger partial charge in [-0.15, -0.1) is 0 Å². The molecule has 0 aromatic heterocycles. The van der Waals surface area contributed by atoms with Crippen molar-refractivity contribution < 1.29 is 17.9 Å². The second-order valence-corrected chi connectivity index (χ2v) is 11.2. The minimum atomic E-state index is -3.15. The number of halogens is 2. The summed E-state index contributed by atoms with van der Waals surface area (Å²) in [4.78, 5) is 18.8. The Balaban J connectivity index is 1.67. The number of methoxy groups -OCH3 is 1. The van der Waals surface area contributed by atoms with Crippen LogP contribution in [0, 0.1) is 0 Å².